The first-order valence-electron chi connectivity index (χ1n) is 5.33. The molecule has 0 radical (unpaired) electrons. The maximum absolute atomic E-state index is 12.0. The average Bonchev–Trinajstić information content (AvgIpc) is 2.79. The topological polar surface area (TPSA) is 38.7 Å². The molecule has 4 nitrogen and oxygen atoms in total. The van der Waals surface area contributed by atoms with Gasteiger partial charge < -0.3 is 0 Å². The van der Waals surface area contributed by atoms with Crippen molar-refractivity contribution in [3.05, 3.63) is 50.3 Å². The van der Waals surface area contributed by atoms with Crippen LogP contribution in [0.4, 0.5) is 0 Å². The van der Waals surface area contributed by atoms with Crippen LogP contribution in [0.3, 0.4) is 0 Å². The van der Waals surface area contributed by atoms with E-state index in [-0.39, 0.29) is 11.4 Å². The van der Waals surface area contributed by atoms with Gasteiger partial charge in [-0.3, -0.25) is 9.20 Å². The first kappa shape index (κ1) is 12.8. The summed E-state index contributed by atoms with van der Waals surface area (Å²) in [6, 6.07) is 1.42. The summed E-state index contributed by atoms with van der Waals surface area (Å²) < 4.78 is 1.50. The molecule has 0 saturated carbocycles. The maximum atomic E-state index is 12.0. The zero-order valence-corrected chi connectivity index (χ0v) is 11.3. The van der Waals surface area contributed by atoms with E-state index in [1.807, 2.05) is 12.3 Å². The molecule has 0 aliphatic carbocycles. The Morgan fingerprint density at radius 3 is 3.11 bits per heavy atom. The number of aromatic nitrogens is 2. The largest absolute Gasteiger partial charge is 0.269 e. The molecule has 18 heavy (non-hydrogen) atoms. The van der Waals surface area contributed by atoms with Gasteiger partial charge in [0.1, 0.15) is 0 Å². The summed E-state index contributed by atoms with van der Waals surface area (Å²) in [5.74, 6) is 0.219. The van der Waals surface area contributed by atoms with Crippen LogP contribution < -0.4 is 5.56 Å². The smallest absolute Gasteiger partial charge is 0.259 e. The van der Waals surface area contributed by atoms with Crippen LogP contribution in [-0.2, 0) is 5.88 Å². The number of nitrogens with zero attached hydrogens (tertiary/aromatic N) is 3. The van der Waals surface area contributed by atoms with Gasteiger partial charge in [-0.25, -0.2) is 9.83 Å². The molecule has 0 fully saturated rings. The summed E-state index contributed by atoms with van der Waals surface area (Å²) >= 11 is 7.04. The minimum atomic E-state index is -0.163. The molecule has 0 amide bonds. The van der Waals surface area contributed by atoms with Gasteiger partial charge in [-0.15, -0.1) is 22.9 Å². The van der Waals surface area contributed by atoms with Crippen LogP contribution in [0.1, 0.15) is 24.7 Å². The van der Waals surface area contributed by atoms with Crippen molar-refractivity contribution in [2.45, 2.75) is 19.2 Å². The maximum Gasteiger partial charge on any atom is 0.259 e. The van der Waals surface area contributed by atoms with Crippen molar-refractivity contribution in [1.29, 1.82) is 0 Å². The highest BCUT2D eigenvalue weighted by Crippen LogP contribution is 2.17. The summed E-state index contributed by atoms with van der Waals surface area (Å²) in [5, 5.41) is 1.82. The predicted molar refractivity (Wildman–Crippen MR) is 73.8 cm³/mol. The molecule has 2 aromatic heterocycles. The zero-order valence-electron chi connectivity index (χ0n) is 9.68. The molecule has 6 heteroatoms. The van der Waals surface area contributed by atoms with Gasteiger partial charge in [0, 0.05) is 11.4 Å². The van der Waals surface area contributed by atoms with Gasteiger partial charge >= 0.3 is 0 Å². The number of alkyl halides is 1. The number of hydrogen-bond donors (Lipinski definition) is 0. The number of halogens is 1. The molecule has 0 spiro atoms. The van der Waals surface area contributed by atoms with Crippen LogP contribution in [0.2, 0.25) is 0 Å². The fourth-order valence-electron chi connectivity index (χ4n) is 1.54. The second-order valence-corrected chi connectivity index (χ2v) is 4.70. The van der Waals surface area contributed by atoms with Crippen molar-refractivity contribution < 1.29 is 0 Å². The van der Waals surface area contributed by atoms with Crippen molar-refractivity contribution >= 4 is 34.0 Å². The Morgan fingerprint density at radius 1 is 1.72 bits per heavy atom. The normalized spacial score (nSPS) is 11.7. The van der Waals surface area contributed by atoms with Crippen molar-refractivity contribution in [2.24, 2.45) is 0 Å². The van der Waals surface area contributed by atoms with E-state index in [2.05, 4.69) is 9.83 Å². The van der Waals surface area contributed by atoms with E-state index in [9.17, 15) is 4.79 Å². The van der Waals surface area contributed by atoms with Crippen LogP contribution in [0.5, 0.6) is 0 Å². The first-order chi connectivity index (χ1) is 8.69. The zero-order chi connectivity index (χ0) is 13.1. The molecule has 0 aliphatic rings. The quantitative estimate of drug-likeness (QED) is 0.639. The van der Waals surface area contributed by atoms with Gasteiger partial charge in [0.25, 0.3) is 5.56 Å². The molecule has 2 rings (SSSR count). The first-order valence-corrected chi connectivity index (χ1v) is 6.75. The Balaban J connectivity index is 2.66. The Morgan fingerprint density at radius 2 is 2.50 bits per heavy atom. The van der Waals surface area contributed by atoms with Gasteiger partial charge in [-0.2, -0.15) is 0 Å². The molecule has 0 bridgehead atoms. The predicted octanol–water partition coefficient (Wildman–Crippen LogP) is 3.16. The van der Waals surface area contributed by atoms with Crippen molar-refractivity contribution in [2.75, 3.05) is 0 Å². The second kappa shape index (κ2) is 5.34. The Kier molecular flexibility index (Phi) is 3.80. The molecule has 92 valence electrons. The van der Waals surface area contributed by atoms with Crippen LogP contribution in [0, 0.1) is 6.57 Å². The van der Waals surface area contributed by atoms with E-state index >= 15 is 0 Å². The lowest BCUT2D eigenvalue weighted by Crippen LogP contribution is -2.14. The molecule has 0 aliphatic heterocycles. The third-order valence-corrected chi connectivity index (χ3v) is 3.56. The summed E-state index contributed by atoms with van der Waals surface area (Å²) in [6.45, 7) is 8.94. The molecule has 0 N–H and O–H groups in total. The Hall–Kier alpha value is -1.64. The number of allylic oxidation sites excluding steroid dienone is 1. The molecule has 2 aromatic rings. The highest BCUT2D eigenvalue weighted by atomic mass is 35.5. The van der Waals surface area contributed by atoms with E-state index < -0.39 is 0 Å². The third kappa shape index (κ3) is 2.30. The van der Waals surface area contributed by atoms with Crippen LogP contribution in [0.25, 0.3) is 15.9 Å². The fourth-order valence-corrected chi connectivity index (χ4v) is 2.55. The lowest BCUT2D eigenvalue weighted by Gasteiger charge is -1.98. The summed E-state index contributed by atoms with van der Waals surface area (Å²) in [7, 11) is 0. The van der Waals surface area contributed by atoms with Crippen LogP contribution in [0.15, 0.2) is 21.9 Å². The molecule has 0 saturated heterocycles. The molecule has 0 unspecified atom stereocenters. The summed E-state index contributed by atoms with van der Waals surface area (Å²) in [4.78, 5) is 20.3. The molecule has 2 heterocycles. The van der Waals surface area contributed by atoms with Crippen LogP contribution >= 0.6 is 22.9 Å². The number of fused-ring (bicyclic) bond motifs is 1. The fraction of sp³-hybridized carbons (Fsp3) is 0.250. The Bertz CT molecular complexity index is 708. The number of hydrogen-bond acceptors (Lipinski definition) is 3. The molecule has 0 atom stereocenters. The number of thiazole rings is 1. The summed E-state index contributed by atoms with van der Waals surface area (Å²) in [6.07, 6.45) is 2.36. The lowest BCUT2D eigenvalue weighted by atomic mass is 10.3. The van der Waals surface area contributed by atoms with Crippen molar-refractivity contribution in [3.63, 3.8) is 0 Å². The minimum Gasteiger partial charge on any atom is -0.269 e. The van der Waals surface area contributed by atoms with Crippen molar-refractivity contribution in [1.82, 2.24) is 9.38 Å². The third-order valence-electron chi connectivity index (χ3n) is 2.44. The van der Waals surface area contributed by atoms with E-state index in [0.29, 0.717) is 28.5 Å². The number of rotatable bonds is 3. The van der Waals surface area contributed by atoms with Gasteiger partial charge in [-0.1, -0.05) is 6.92 Å². The highest BCUT2D eigenvalue weighted by Gasteiger charge is 2.07. The standard InChI is InChI=1S/C12H10ClN3OS/c1-3-8(14-2)4-10-7-18-12-15-9(6-13)5-11(17)16(10)12/h4-5,7H,3,6H2,1H3/b8-4-. The second-order valence-electron chi connectivity index (χ2n) is 3.60. The van der Waals surface area contributed by atoms with Gasteiger partial charge in [0.2, 0.25) is 0 Å². The Labute approximate surface area is 113 Å². The SMILES string of the molecule is [C-]#[N+]/C(=C\c1csc2nc(CCl)cc(=O)n12)CC. The monoisotopic (exact) mass is 279 g/mol. The van der Waals surface area contributed by atoms with Gasteiger partial charge in [0.05, 0.1) is 23.8 Å². The molecule has 0 aromatic carbocycles. The highest BCUT2D eigenvalue weighted by molar-refractivity contribution is 7.15. The summed E-state index contributed by atoms with van der Waals surface area (Å²) in [5.41, 5.74) is 1.72. The van der Waals surface area contributed by atoms with Crippen LogP contribution in [-0.4, -0.2) is 9.38 Å². The lowest BCUT2D eigenvalue weighted by molar-refractivity contribution is 1.02. The van der Waals surface area contributed by atoms with Gasteiger partial charge in [-0.05, 0) is 12.5 Å². The molecular weight excluding hydrogens is 270 g/mol. The minimum absolute atomic E-state index is 0.163. The van der Waals surface area contributed by atoms with E-state index in [4.69, 9.17) is 18.2 Å². The van der Waals surface area contributed by atoms with E-state index in [1.54, 1.807) is 6.08 Å². The van der Waals surface area contributed by atoms with Crippen molar-refractivity contribution in [3.8, 4) is 0 Å². The molecular formula is C12H10ClN3OS. The van der Waals surface area contributed by atoms with Gasteiger partial charge in [0.15, 0.2) is 10.7 Å². The van der Waals surface area contributed by atoms with E-state index in [1.165, 1.54) is 21.8 Å². The average molecular weight is 280 g/mol. The van der Waals surface area contributed by atoms with E-state index in [0.717, 1.165) is 0 Å².